The topological polar surface area (TPSA) is 149 Å². The van der Waals surface area contributed by atoms with E-state index in [1.54, 1.807) is 18.2 Å². The fourth-order valence-electron chi connectivity index (χ4n) is 2.44. The first-order valence-corrected chi connectivity index (χ1v) is 12.1. The molecule has 12 heteroatoms. The van der Waals surface area contributed by atoms with Crippen LogP contribution in [0.3, 0.4) is 0 Å². The summed E-state index contributed by atoms with van der Waals surface area (Å²) in [6.45, 7) is 4.66. The van der Waals surface area contributed by atoms with Crippen molar-refractivity contribution < 1.29 is 17.9 Å². The molecule has 2 aromatic carbocycles. The Balaban J connectivity index is 2.06. The van der Waals surface area contributed by atoms with E-state index in [1.165, 1.54) is 24.3 Å². The Labute approximate surface area is 200 Å². The van der Waals surface area contributed by atoms with Gasteiger partial charge in [-0.3, -0.25) is 10.1 Å². The molecular weight excluding hydrogens is 518 g/mol. The van der Waals surface area contributed by atoms with E-state index in [-0.39, 0.29) is 10.0 Å². The van der Waals surface area contributed by atoms with Gasteiger partial charge in [0.1, 0.15) is 5.75 Å². The molecule has 0 aliphatic carbocycles. The van der Waals surface area contributed by atoms with Crippen LogP contribution in [0.4, 0.5) is 5.69 Å². The number of anilines is 1. The van der Waals surface area contributed by atoms with Crippen molar-refractivity contribution >= 4 is 60.8 Å². The Bertz CT molecular complexity index is 1120. The van der Waals surface area contributed by atoms with Gasteiger partial charge < -0.3 is 21.5 Å². The molecule has 0 unspecified atom stereocenters. The highest BCUT2D eigenvalue weighted by molar-refractivity contribution is 9.10. The van der Waals surface area contributed by atoms with E-state index >= 15 is 0 Å². The number of halogens is 1. The van der Waals surface area contributed by atoms with Crippen LogP contribution in [0.1, 0.15) is 30.6 Å². The molecule has 0 radical (unpaired) electrons. The Kier molecular flexibility index (Phi) is 8.99. The number of hydrogen-bond acceptors (Lipinski definition) is 5. The molecule has 0 heterocycles. The van der Waals surface area contributed by atoms with Gasteiger partial charge in [-0.05, 0) is 67.0 Å². The number of amides is 1. The third kappa shape index (κ3) is 7.77. The summed E-state index contributed by atoms with van der Waals surface area (Å²) >= 11 is 8.56. The lowest BCUT2D eigenvalue weighted by atomic mass is 10.1. The second-order valence-electron chi connectivity index (χ2n) is 7.10. The van der Waals surface area contributed by atoms with Gasteiger partial charge >= 0.3 is 0 Å². The first-order valence-electron chi connectivity index (χ1n) is 9.48. The normalized spacial score (nSPS) is 11.0. The van der Waals surface area contributed by atoms with Crippen LogP contribution in [-0.4, -0.2) is 32.0 Å². The molecule has 172 valence electrons. The molecule has 0 spiro atoms. The SMILES string of the molecule is CC(C)CCOc1ccc(Br)cc1C(=O)NC(=S)Nc1ccc(S(=O)(=O)N=C(N)N)cc1. The summed E-state index contributed by atoms with van der Waals surface area (Å²) in [4.78, 5) is 12.7. The molecule has 0 saturated carbocycles. The van der Waals surface area contributed by atoms with Crippen LogP contribution in [-0.2, 0) is 10.0 Å². The number of rotatable bonds is 8. The summed E-state index contributed by atoms with van der Waals surface area (Å²) in [5, 5.41) is 5.44. The summed E-state index contributed by atoms with van der Waals surface area (Å²) in [5.74, 6) is -0.0877. The van der Waals surface area contributed by atoms with Crippen LogP contribution in [0.5, 0.6) is 5.75 Å². The van der Waals surface area contributed by atoms with E-state index in [4.69, 9.17) is 28.4 Å². The molecule has 2 aromatic rings. The zero-order valence-corrected chi connectivity index (χ0v) is 20.7. The Morgan fingerprint density at radius 2 is 1.84 bits per heavy atom. The predicted octanol–water partition coefficient (Wildman–Crippen LogP) is 2.96. The van der Waals surface area contributed by atoms with E-state index in [0.717, 1.165) is 10.9 Å². The lowest BCUT2D eigenvalue weighted by Gasteiger charge is -2.14. The molecule has 32 heavy (non-hydrogen) atoms. The summed E-state index contributed by atoms with van der Waals surface area (Å²) in [7, 11) is -3.99. The Morgan fingerprint density at radius 3 is 2.44 bits per heavy atom. The number of ether oxygens (including phenoxy) is 1. The zero-order chi connectivity index (χ0) is 23.9. The second-order valence-corrected chi connectivity index (χ2v) is 10.0. The van der Waals surface area contributed by atoms with Gasteiger partial charge in [-0.1, -0.05) is 29.8 Å². The average molecular weight is 542 g/mol. The zero-order valence-electron chi connectivity index (χ0n) is 17.5. The van der Waals surface area contributed by atoms with Crippen molar-refractivity contribution in [1.82, 2.24) is 5.32 Å². The first kappa shape index (κ1) is 25.6. The highest BCUT2D eigenvalue weighted by atomic mass is 79.9. The number of nitrogens with two attached hydrogens (primary N) is 2. The molecule has 9 nitrogen and oxygen atoms in total. The van der Waals surface area contributed by atoms with Crippen LogP contribution < -0.4 is 26.8 Å². The van der Waals surface area contributed by atoms with Crippen molar-refractivity contribution in [3.8, 4) is 5.75 Å². The number of nitrogens with zero attached hydrogens (tertiary/aromatic N) is 1. The highest BCUT2D eigenvalue weighted by Crippen LogP contribution is 2.24. The molecule has 0 bridgehead atoms. The van der Waals surface area contributed by atoms with E-state index in [0.29, 0.717) is 29.5 Å². The first-order chi connectivity index (χ1) is 15.0. The largest absolute Gasteiger partial charge is 0.493 e. The van der Waals surface area contributed by atoms with Crippen LogP contribution in [0.25, 0.3) is 0 Å². The number of carbonyl (C=O) groups is 1. The maximum Gasteiger partial charge on any atom is 0.285 e. The molecule has 1 amide bonds. The number of benzene rings is 2. The predicted molar refractivity (Wildman–Crippen MR) is 132 cm³/mol. The molecule has 6 N–H and O–H groups in total. The van der Waals surface area contributed by atoms with Crippen LogP contribution >= 0.6 is 28.1 Å². The number of carbonyl (C=O) groups excluding carboxylic acids is 1. The van der Waals surface area contributed by atoms with Crippen LogP contribution in [0.15, 0.2) is 56.2 Å². The lowest BCUT2D eigenvalue weighted by molar-refractivity contribution is 0.0973. The average Bonchev–Trinajstić information content (AvgIpc) is 2.68. The van der Waals surface area contributed by atoms with Gasteiger partial charge in [0.25, 0.3) is 15.9 Å². The fourth-order valence-corrected chi connectivity index (χ4v) is 3.88. The van der Waals surface area contributed by atoms with Gasteiger partial charge in [0, 0.05) is 10.2 Å². The lowest BCUT2D eigenvalue weighted by Crippen LogP contribution is -2.34. The van der Waals surface area contributed by atoms with Gasteiger partial charge in [0.2, 0.25) is 5.96 Å². The minimum absolute atomic E-state index is 0.0305. The Hall–Kier alpha value is -2.70. The number of thiocarbonyl (C=S) groups is 1. The highest BCUT2D eigenvalue weighted by Gasteiger charge is 2.16. The molecule has 0 aliphatic rings. The molecular formula is C20H24BrN5O4S2. The molecule has 0 atom stereocenters. The molecule has 2 rings (SSSR count). The van der Waals surface area contributed by atoms with Crippen molar-refractivity contribution in [1.29, 1.82) is 0 Å². The van der Waals surface area contributed by atoms with Gasteiger partial charge in [0.15, 0.2) is 5.11 Å². The van der Waals surface area contributed by atoms with Crippen molar-refractivity contribution in [3.63, 3.8) is 0 Å². The molecule has 0 saturated heterocycles. The number of sulfonamides is 1. The van der Waals surface area contributed by atoms with Gasteiger partial charge in [-0.25, -0.2) is 0 Å². The van der Waals surface area contributed by atoms with E-state index in [2.05, 4.69) is 44.8 Å². The fraction of sp³-hybridized carbons (Fsp3) is 0.250. The number of nitrogens with one attached hydrogen (secondary N) is 2. The summed E-state index contributed by atoms with van der Waals surface area (Å²) in [6, 6.07) is 10.7. The van der Waals surface area contributed by atoms with Gasteiger partial charge in [-0.15, -0.1) is 4.40 Å². The maximum atomic E-state index is 12.7. The van der Waals surface area contributed by atoms with Crippen molar-refractivity contribution in [2.45, 2.75) is 25.2 Å². The van der Waals surface area contributed by atoms with Crippen molar-refractivity contribution in [2.75, 3.05) is 11.9 Å². The number of guanidine groups is 1. The number of hydrogen-bond donors (Lipinski definition) is 4. The minimum atomic E-state index is -3.99. The summed E-state index contributed by atoms with van der Waals surface area (Å²) < 4.78 is 33.7. The smallest absolute Gasteiger partial charge is 0.285 e. The third-order valence-electron chi connectivity index (χ3n) is 4.00. The molecule has 0 fully saturated rings. The quantitative estimate of drug-likeness (QED) is 0.226. The Morgan fingerprint density at radius 1 is 1.19 bits per heavy atom. The van der Waals surface area contributed by atoms with Crippen molar-refractivity contribution in [2.24, 2.45) is 21.8 Å². The van der Waals surface area contributed by atoms with Crippen molar-refractivity contribution in [3.05, 3.63) is 52.5 Å². The maximum absolute atomic E-state index is 12.7. The van der Waals surface area contributed by atoms with Gasteiger partial charge in [0.05, 0.1) is 17.1 Å². The summed E-state index contributed by atoms with van der Waals surface area (Å²) in [5.41, 5.74) is 11.1. The van der Waals surface area contributed by atoms with E-state index in [9.17, 15) is 13.2 Å². The standard InChI is InChI=1S/C20H24BrN5O4S2/c1-12(2)9-10-30-17-8-3-13(21)11-16(17)18(27)25-20(31)24-14-4-6-15(7-5-14)32(28,29)26-19(22)23/h3-8,11-12H,9-10H2,1-2H3,(H4,22,23,26)(H2,24,25,27,31). The van der Waals surface area contributed by atoms with Crippen LogP contribution in [0.2, 0.25) is 0 Å². The van der Waals surface area contributed by atoms with Gasteiger partial charge in [-0.2, -0.15) is 8.42 Å². The second kappa shape index (κ2) is 11.2. The molecule has 0 aromatic heterocycles. The minimum Gasteiger partial charge on any atom is -0.493 e. The molecule has 0 aliphatic heterocycles. The third-order valence-corrected chi connectivity index (χ3v) is 6.02. The van der Waals surface area contributed by atoms with E-state index < -0.39 is 21.9 Å². The van der Waals surface area contributed by atoms with Crippen LogP contribution in [0, 0.1) is 5.92 Å². The van der Waals surface area contributed by atoms with E-state index in [1.807, 2.05) is 0 Å². The monoisotopic (exact) mass is 541 g/mol. The summed E-state index contributed by atoms with van der Waals surface area (Å²) in [6.07, 6.45) is 0.853.